The second-order valence-electron chi connectivity index (χ2n) is 3.31. The lowest BCUT2D eigenvalue weighted by Crippen LogP contribution is -2.19. The molecule has 0 aliphatic rings. The van der Waals surface area contributed by atoms with E-state index >= 15 is 0 Å². The summed E-state index contributed by atoms with van der Waals surface area (Å²) < 4.78 is 22.3. The van der Waals surface area contributed by atoms with E-state index in [1.165, 1.54) is 24.3 Å². The number of carbonyl (C=O) groups excluding carboxylic acids is 2. The first-order valence-electron chi connectivity index (χ1n) is 4.43. The molecule has 1 amide bonds. The Morgan fingerprint density at radius 2 is 1.62 bits per heavy atom. The summed E-state index contributed by atoms with van der Waals surface area (Å²) >= 11 is 0. The zero-order chi connectivity index (χ0) is 12.3. The van der Waals surface area contributed by atoms with Gasteiger partial charge < -0.3 is 5.32 Å². The van der Waals surface area contributed by atoms with Crippen molar-refractivity contribution >= 4 is 27.2 Å². The smallest absolute Gasteiger partial charge is 0.291 e. The number of sulfone groups is 1. The van der Waals surface area contributed by atoms with Gasteiger partial charge in [-0.25, -0.2) is 8.42 Å². The van der Waals surface area contributed by atoms with Crippen molar-refractivity contribution in [2.45, 2.75) is 11.8 Å². The summed E-state index contributed by atoms with van der Waals surface area (Å²) in [6, 6.07) is 5.59. The molecule has 0 atom stereocenters. The number of anilines is 1. The van der Waals surface area contributed by atoms with E-state index in [0.717, 1.165) is 13.2 Å². The van der Waals surface area contributed by atoms with Crippen molar-refractivity contribution in [3.05, 3.63) is 24.3 Å². The molecule has 0 aliphatic carbocycles. The molecular weight excluding hydrogens is 230 g/mol. The van der Waals surface area contributed by atoms with E-state index in [2.05, 4.69) is 5.32 Å². The Balaban J connectivity index is 2.88. The van der Waals surface area contributed by atoms with Crippen molar-refractivity contribution in [1.82, 2.24) is 0 Å². The SMILES string of the molecule is CC(=O)C(=O)Nc1ccc(S(C)(=O)=O)cc1. The monoisotopic (exact) mass is 241 g/mol. The fourth-order valence-electron chi connectivity index (χ4n) is 1.00. The minimum atomic E-state index is -3.24. The zero-order valence-electron chi connectivity index (χ0n) is 8.85. The number of nitrogens with one attached hydrogen (secondary N) is 1. The van der Waals surface area contributed by atoms with E-state index in [1.54, 1.807) is 0 Å². The van der Waals surface area contributed by atoms with Crippen LogP contribution in [0.1, 0.15) is 6.92 Å². The van der Waals surface area contributed by atoms with Crippen molar-refractivity contribution in [2.75, 3.05) is 11.6 Å². The van der Waals surface area contributed by atoms with Crippen molar-refractivity contribution in [3.63, 3.8) is 0 Å². The fraction of sp³-hybridized carbons (Fsp3) is 0.200. The predicted molar refractivity (Wildman–Crippen MR) is 58.9 cm³/mol. The lowest BCUT2D eigenvalue weighted by atomic mass is 10.3. The minimum absolute atomic E-state index is 0.160. The zero-order valence-corrected chi connectivity index (χ0v) is 9.67. The van der Waals surface area contributed by atoms with Gasteiger partial charge in [0.25, 0.3) is 5.91 Å². The predicted octanol–water partition coefficient (Wildman–Crippen LogP) is 0.618. The third kappa shape index (κ3) is 3.16. The number of rotatable bonds is 3. The van der Waals surface area contributed by atoms with E-state index < -0.39 is 21.5 Å². The number of hydrogen-bond acceptors (Lipinski definition) is 4. The van der Waals surface area contributed by atoms with Crippen LogP contribution in [0.3, 0.4) is 0 Å². The molecule has 1 aromatic carbocycles. The van der Waals surface area contributed by atoms with Gasteiger partial charge in [0.2, 0.25) is 5.78 Å². The number of benzene rings is 1. The van der Waals surface area contributed by atoms with Crippen molar-refractivity contribution in [1.29, 1.82) is 0 Å². The van der Waals surface area contributed by atoms with Crippen LogP contribution in [0.5, 0.6) is 0 Å². The van der Waals surface area contributed by atoms with Gasteiger partial charge in [0.1, 0.15) is 0 Å². The van der Waals surface area contributed by atoms with Gasteiger partial charge in [-0.1, -0.05) is 0 Å². The molecule has 0 fully saturated rings. The van der Waals surface area contributed by atoms with E-state index in [4.69, 9.17) is 0 Å². The van der Waals surface area contributed by atoms with Crippen LogP contribution in [0.4, 0.5) is 5.69 Å². The highest BCUT2D eigenvalue weighted by Gasteiger charge is 2.09. The molecule has 1 rings (SSSR count). The maximum Gasteiger partial charge on any atom is 0.291 e. The van der Waals surface area contributed by atoms with E-state index in [9.17, 15) is 18.0 Å². The highest BCUT2D eigenvalue weighted by molar-refractivity contribution is 7.90. The van der Waals surface area contributed by atoms with Gasteiger partial charge in [-0.3, -0.25) is 9.59 Å². The molecule has 0 saturated heterocycles. The fourth-order valence-corrected chi connectivity index (χ4v) is 1.64. The van der Waals surface area contributed by atoms with Crippen LogP contribution in [0.15, 0.2) is 29.2 Å². The Morgan fingerprint density at radius 3 is 2.00 bits per heavy atom. The molecule has 1 aromatic rings. The molecule has 0 aromatic heterocycles. The summed E-state index contributed by atoms with van der Waals surface area (Å²) in [5.74, 6) is -1.33. The highest BCUT2D eigenvalue weighted by Crippen LogP contribution is 2.13. The Labute approximate surface area is 93.4 Å². The van der Waals surface area contributed by atoms with E-state index in [0.29, 0.717) is 5.69 Å². The van der Waals surface area contributed by atoms with Gasteiger partial charge in [0, 0.05) is 18.9 Å². The number of hydrogen-bond donors (Lipinski definition) is 1. The lowest BCUT2D eigenvalue weighted by molar-refractivity contribution is -0.133. The van der Waals surface area contributed by atoms with Gasteiger partial charge >= 0.3 is 0 Å². The van der Waals surface area contributed by atoms with E-state index in [1.807, 2.05) is 0 Å². The summed E-state index contributed by atoms with van der Waals surface area (Å²) in [7, 11) is -3.24. The molecule has 0 spiro atoms. The molecule has 6 heteroatoms. The quantitative estimate of drug-likeness (QED) is 0.786. The van der Waals surface area contributed by atoms with Crippen LogP contribution in [0.2, 0.25) is 0 Å². The average Bonchev–Trinajstić information content (AvgIpc) is 2.17. The van der Waals surface area contributed by atoms with Crippen molar-refractivity contribution in [3.8, 4) is 0 Å². The standard InChI is InChI=1S/C10H11NO4S/c1-7(12)10(13)11-8-3-5-9(6-4-8)16(2,14)15/h3-6H,1-2H3,(H,11,13). The maximum atomic E-state index is 11.1. The van der Waals surface area contributed by atoms with Crippen LogP contribution in [0.25, 0.3) is 0 Å². The van der Waals surface area contributed by atoms with Gasteiger partial charge in [-0.2, -0.15) is 0 Å². The van der Waals surface area contributed by atoms with Gasteiger partial charge in [-0.15, -0.1) is 0 Å². The largest absolute Gasteiger partial charge is 0.319 e. The average molecular weight is 241 g/mol. The molecule has 0 saturated carbocycles. The van der Waals surface area contributed by atoms with Crippen LogP contribution < -0.4 is 5.32 Å². The first kappa shape index (κ1) is 12.4. The first-order chi connectivity index (χ1) is 7.30. The third-order valence-corrected chi connectivity index (χ3v) is 2.99. The number of amides is 1. The molecule has 0 heterocycles. The summed E-state index contributed by atoms with van der Waals surface area (Å²) in [5, 5.41) is 2.34. The van der Waals surface area contributed by atoms with Gasteiger partial charge in [-0.05, 0) is 24.3 Å². The lowest BCUT2D eigenvalue weighted by Gasteiger charge is -2.03. The second-order valence-corrected chi connectivity index (χ2v) is 5.32. The molecule has 0 unspecified atom stereocenters. The molecule has 0 radical (unpaired) electrons. The van der Waals surface area contributed by atoms with Crippen LogP contribution in [0, 0.1) is 0 Å². The molecule has 1 N–H and O–H groups in total. The number of ketones is 1. The van der Waals surface area contributed by atoms with Gasteiger partial charge in [0.05, 0.1) is 4.90 Å². The Morgan fingerprint density at radius 1 is 1.12 bits per heavy atom. The molecule has 16 heavy (non-hydrogen) atoms. The summed E-state index contributed by atoms with van der Waals surface area (Å²) in [6.07, 6.45) is 1.09. The van der Waals surface area contributed by atoms with Crippen LogP contribution >= 0.6 is 0 Å². The molecule has 0 aliphatic heterocycles. The Hall–Kier alpha value is -1.69. The molecular formula is C10H11NO4S. The third-order valence-electron chi connectivity index (χ3n) is 1.86. The highest BCUT2D eigenvalue weighted by atomic mass is 32.2. The summed E-state index contributed by atoms with van der Waals surface area (Å²) in [6.45, 7) is 1.15. The molecule has 0 bridgehead atoms. The van der Waals surface area contributed by atoms with Crippen LogP contribution in [-0.2, 0) is 19.4 Å². The first-order valence-corrected chi connectivity index (χ1v) is 6.32. The van der Waals surface area contributed by atoms with Crippen molar-refractivity contribution < 1.29 is 18.0 Å². The Bertz CT molecular complexity index is 516. The van der Waals surface area contributed by atoms with E-state index in [-0.39, 0.29) is 4.90 Å². The summed E-state index contributed by atoms with van der Waals surface area (Å²) in [5.41, 5.74) is 0.382. The number of Topliss-reactive ketones (excluding diaryl/α,β-unsaturated/α-hetero) is 1. The minimum Gasteiger partial charge on any atom is -0.319 e. The van der Waals surface area contributed by atoms with Crippen molar-refractivity contribution in [2.24, 2.45) is 0 Å². The van der Waals surface area contributed by atoms with Gasteiger partial charge in [0.15, 0.2) is 9.84 Å². The molecule has 5 nitrogen and oxygen atoms in total. The maximum absolute atomic E-state index is 11.1. The summed E-state index contributed by atoms with van der Waals surface area (Å²) in [4.78, 5) is 21.8. The topological polar surface area (TPSA) is 80.3 Å². The second kappa shape index (κ2) is 4.44. The normalized spacial score (nSPS) is 10.9. The molecule has 86 valence electrons. The number of carbonyl (C=O) groups is 2. The Kier molecular flexibility index (Phi) is 3.44. The van der Waals surface area contributed by atoms with Crippen LogP contribution in [-0.4, -0.2) is 26.4 Å².